The van der Waals surface area contributed by atoms with Crippen LogP contribution in [0.2, 0.25) is 0 Å². The second-order valence-corrected chi connectivity index (χ2v) is 6.29. The van der Waals surface area contributed by atoms with Gasteiger partial charge in [-0.05, 0) is 11.1 Å². The van der Waals surface area contributed by atoms with Crippen molar-refractivity contribution in [1.29, 1.82) is 0 Å². The van der Waals surface area contributed by atoms with E-state index in [1.807, 2.05) is 67.7 Å². The van der Waals surface area contributed by atoms with E-state index in [2.05, 4.69) is 10.4 Å². The maximum Gasteiger partial charge on any atom is 0.254 e. The van der Waals surface area contributed by atoms with Crippen LogP contribution in [0, 0.1) is 0 Å². The molecular formula is C21H23N3O2. The number of carbonyl (C=O) groups excluding carboxylic acids is 1. The number of benzene rings is 2. The molecule has 26 heavy (non-hydrogen) atoms. The molecule has 3 rings (SSSR count). The van der Waals surface area contributed by atoms with Gasteiger partial charge in [0.1, 0.15) is 0 Å². The predicted octanol–water partition coefficient (Wildman–Crippen LogP) is 2.52. The molecule has 0 aliphatic carbocycles. The summed E-state index contributed by atoms with van der Waals surface area (Å²) in [5.74, 6) is -0.298. The molecule has 5 nitrogen and oxygen atoms in total. The normalized spacial score (nSPS) is 11.9. The molecule has 0 aliphatic rings. The summed E-state index contributed by atoms with van der Waals surface area (Å²) >= 11 is 0. The van der Waals surface area contributed by atoms with Crippen LogP contribution in [0.5, 0.6) is 0 Å². The van der Waals surface area contributed by atoms with Crippen LogP contribution in [0.3, 0.4) is 0 Å². The fraction of sp³-hybridized carbons (Fsp3) is 0.238. The molecule has 5 heteroatoms. The zero-order valence-electron chi connectivity index (χ0n) is 14.8. The molecule has 134 valence electrons. The van der Waals surface area contributed by atoms with E-state index in [1.54, 1.807) is 10.9 Å². The SMILES string of the molecule is Cn1ncc(C(=O)NCC(CO)c2ccccc2)c1Cc1ccccc1. The molecule has 0 aliphatic heterocycles. The zero-order valence-corrected chi connectivity index (χ0v) is 14.8. The third-order valence-electron chi connectivity index (χ3n) is 4.52. The van der Waals surface area contributed by atoms with E-state index < -0.39 is 0 Å². The Morgan fingerprint density at radius 2 is 1.77 bits per heavy atom. The van der Waals surface area contributed by atoms with Crippen molar-refractivity contribution in [3.05, 3.63) is 89.2 Å². The number of rotatable bonds is 7. The maximum atomic E-state index is 12.7. The number of nitrogens with zero attached hydrogens (tertiary/aromatic N) is 2. The first-order valence-electron chi connectivity index (χ1n) is 8.68. The van der Waals surface area contributed by atoms with Gasteiger partial charge in [0.2, 0.25) is 0 Å². The van der Waals surface area contributed by atoms with E-state index in [-0.39, 0.29) is 18.4 Å². The number of hydrogen-bond donors (Lipinski definition) is 2. The average molecular weight is 349 g/mol. The van der Waals surface area contributed by atoms with Crippen LogP contribution < -0.4 is 5.32 Å². The van der Waals surface area contributed by atoms with Gasteiger partial charge in [-0.15, -0.1) is 0 Å². The largest absolute Gasteiger partial charge is 0.396 e. The highest BCUT2D eigenvalue weighted by atomic mass is 16.3. The zero-order chi connectivity index (χ0) is 18.4. The fourth-order valence-corrected chi connectivity index (χ4v) is 2.98. The second kappa shape index (κ2) is 8.45. The third-order valence-corrected chi connectivity index (χ3v) is 4.52. The van der Waals surface area contributed by atoms with Gasteiger partial charge in [0.25, 0.3) is 5.91 Å². The van der Waals surface area contributed by atoms with Crippen LogP contribution in [0.4, 0.5) is 0 Å². The van der Waals surface area contributed by atoms with Crippen LogP contribution >= 0.6 is 0 Å². The van der Waals surface area contributed by atoms with Crippen LogP contribution in [0.1, 0.15) is 33.1 Å². The number of aryl methyl sites for hydroxylation is 1. The number of hydrogen-bond acceptors (Lipinski definition) is 3. The summed E-state index contributed by atoms with van der Waals surface area (Å²) in [7, 11) is 1.84. The molecule has 3 aromatic rings. The highest BCUT2D eigenvalue weighted by Crippen LogP contribution is 2.16. The molecule has 0 bridgehead atoms. The summed E-state index contributed by atoms with van der Waals surface area (Å²) in [6, 6.07) is 19.7. The molecule has 1 heterocycles. The summed E-state index contributed by atoms with van der Waals surface area (Å²) in [4.78, 5) is 12.7. The number of aromatic nitrogens is 2. The molecule has 0 saturated carbocycles. The molecule has 0 fully saturated rings. The number of nitrogens with one attached hydrogen (secondary N) is 1. The highest BCUT2D eigenvalue weighted by molar-refractivity contribution is 5.95. The third kappa shape index (κ3) is 4.18. The number of amides is 1. The Kier molecular flexibility index (Phi) is 5.81. The topological polar surface area (TPSA) is 67.2 Å². The highest BCUT2D eigenvalue weighted by Gasteiger charge is 2.18. The number of carbonyl (C=O) groups is 1. The Balaban J connectivity index is 1.70. The lowest BCUT2D eigenvalue weighted by atomic mass is 10.00. The van der Waals surface area contributed by atoms with Crippen molar-refractivity contribution in [1.82, 2.24) is 15.1 Å². The molecule has 1 amide bonds. The lowest BCUT2D eigenvalue weighted by Gasteiger charge is -2.15. The van der Waals surface area contributed by atoms with Gasteiger partial charge < -0.3 is 10.4 Å². The van der Waals surface area contributed by atoms with Crippen molar-refractivity contribution in [3.8, 4) is 0 Å². The van der Waals surface area contributed by atoms with Gasteiger partial charge in [-0.25, -0.2) is 0 Å². The van der Waals surface area contributed by atoms with Gasteiger partial charge in [0, 0.05) is 25.9 Å². The first-order valence-corrected chi connectivity index (χ1v) is 8.68. The molecule has 2 aromatic carbocycles. The molecule has 0 spiro atoms. The van der Waals surface area contributed by atoms with E-state index in [0.29, 0.717) is 18.5 Å². The van der Waals surface area contributed by atoms with Crippen molar-refractivity contribution in [2.75, 3.05) is 13.2 Å². The van der Waals surface area contributed by atoms with Crippen molar-refractivity contribution >= 4 is 5.91 Å². The van der Waals surface area contributed by atoms with Gasteiger partial charge in [-0.2, -0.15) is 5.10 Å². The smallest absolute Gasteiger partial charge is 0.254 e. The van der Waals surface area contributed by atoms with Crippen molar-refractivity contribution < 1.29 is 9.90 Å². The van der Waals surface area contributed by atoms with E-state index in [4.69, 9.17) is 0 Å². The van der Waals surface area contributed by atoms with Gasteiger partial charge in [0.15, 0.2) is 0 Å². The minimum absolute atomic E-state index is 0.0196. The van der Waals surface area contributed by atoms with Gasteiger partial charge >= 0.3 is 0 Å². The monoisotopic (exact) mass is 349 g/mol. The van der Waals surface area contributed by atoms with Crippen molar-refractivity contribution in [3.63, 3.8) is 0 Å². The summed E-state index contributed by atoms with van der Waals surface area (Å²) in [5.41, 5.74) is 3.57. The lowest BCUT2D eigenvalue weighted by molar-refractivity contribution is 0.0946. The minimum Gasteiger partial charge on any atom is -0.396 e. The van der Waals surface area contributed by atoms with E-state index >= 15 is 0 Å². The average Bonchev–Trinajstić information content (AvgIpc) is 3.04. The van der Waals surface area contributed by atoms with Gasteiger partial charge in [0.05, 0.1) is 24.1 Å². The van der Waals surface area contributed by atoms with E-state index in [9.17, 15) is 9.90 Å². The van der Waals surface area contributed by atoms with E-state index in [1.165, 1.54) is 0 Å². The first kappa shape index (κ1) is 17.9. The minimum atomic E-state index is -0.168. The van der Waals surface area contributed by atoms with Crippen LogP contribution in [-0.4, -0.2) is 33.9 Å². The predicted molar refractivity (Wildman–Crippen MR) is 101 cm³/mol. The molecular weight excluding hydrogens is 326 g/mol. The van der Waals surface area contributed by atoms with Crippen molar-refractivity contribution in [2.45, 2.75) is 12.3 Å². The molecule has 2 N–H and O–H groups in total. The number of aliphatic hydroxyl groups is 1. The van der Waals surface area contributed by atoms with E-state index in [0.717, 1.165) is 16.8 Å². The summed E-state index contributed by atoms with van der Waals surface area (Å²) in [6.45, 7) is 0.354. The van der Waals surface area contributed by atoms with Crippen molar-refractivity contribution in [2.24, 2.45) is 7.05 Å². The summed E-state index contributed by atoms with van der Waals surface area (Å²) in [5, 5.41) is 16.8. The second-order valence-electron chi connectivity index (χ2n) is 6.29. The quantitative estimate of drug-likeness (QED) is 0.689. The van der Waals surface area contributed by atoms with Crippen LogP contribution in [0.25, 0.3) is 0 Å². The van der Waals surface area contributed by atoms with Gasteiger partial charge in [-0.3, -0.25) is 9.48 Å². The lowest BCUT2D eigenvalue weighted by Crippen LogP contribution is -2.30. The Morgan fingerprint density at radius 1 is 1.12 bits per heavy atom. The molecule has 0 saturated heterocycles. The summed E-state index contributed by atoms with van der Waals surface area (Å²) < 4.78 is 1.74. The number of aliphatic hydroxyl groups excluding tert-OH is 1. The molecule has 0 radical (unpaired) electrons. The first-order chi connectivity index (χ1) is 12.7. The Hall–Kier alpha value is -2.92. The summed E-state index contributed by atoms with van der Waals surface area (Å²) in [6.07, 6.45) is 2.24. The molecule has 1 atom stereocenters. The standard InChI is InChI=1S/C21H23N3O2/c1-24-20(12-16-8-4-2-5-9-16)19(14-23-24)21(26)22-13-18(15-25)17-10-6-3-7-11-17/h2-11,14,18,25H,12-13,15H2,1H3,(H,22,26). The van der Waals surface area contributed by atoms with Crippen LogP contribution in [0.15, 0.2) is 66.9 Å². The maximum absolute atomic E-state index is 12.7. The Labute approximate surface area is 153 Å². The van der Waals surface area contributed by atoms with Crippen LogP contribution in [-0.2, 0) is 13.5 Å². The Bertz CT molecular complexity index is 844. The molecule has 1 unspecified atom stereocenters. The fourth-order valence-electron chi connectivity index (χ4n) is 2.98. The molecule has 1 aromatic heterocycles. The Morgan fingerprint density at radius 3 is 2.42 bits per heavy atom. The van der Waals surface area contributed by atoms with Gasteiger partial charge in [-0.1, -0.05) is 60.7 Å².